The third kappa shape index (κ3) is 8.44. The molecule has 0 amide bonds. The van der Waals surface area contributed by atoms with Crippen molar-refractivity contribution in [2.45, 2.75) is 25.4 Å². The second-order valence-corrected chi connectivity index (χ2v) is 7.43. The number of benzene rings is 3. The zero-order valence-electron chi connectivity index (χ0n) is 18.0. The normalized spacial score (nSPS) is 12.8. The topological polar surface area (TPSA) is 58.2 Å². The van der Waals surface area contributed by atoms with Crippen LogP contribution in [0.25, 0.3) is 0 Å². The van der Waals surface area contributed by atoms with E-state index in [-0.39, 0.29) is 11.6 Å². The van der Waals surface area contributed by atoms with Crippen molar-refractivity contribution in [3.63, 3.8) is 0 Å². The molecule has 0 radical (unpaired) electrons. The highest BCUT2D eigenvalue weighted by Crippen LogP contribution is 2.18. The second kappa shape index (κ2) is 12.7. The summed E-state index contributed by atoms with van der Waals surface area (Å²) in [5, 5.41) is 6.26. The summed E-state index contributed by atoms with van der Waals surface area (Å²) in [4.78, 5) is 23.2. The van der Waals surface area contributed by atoms with Gasteiger partial charge in [-0.05, 0) is 18.4 Å². The summed E-state index contributed by atoms with van der Waals surface area (Å²) in [6, 6.07) is 29.2. The molecule has 2 N–H and O–H groups in total. The lowest BCUT2D eigenvalue weighted by atomic mass is 10.1. The van der Waals surface area contributed by atoms with E-state index >= 15 is 0 Å². The highest BCUT2D eigenvalue weighted by atomic mass is 16.1. The van der Waals surface area contributed by atoms with E-state index < -0.39 is 0 Å². The van der Waals surface area contributed by atoms with Gasteiger partial charge in [0.25, 0.3) is 0 Å². The summed E-state index contributed by atoms with van der Waals surface area (Å²) < 4.78 is 0. The molecule has 0 aromatic heterocycles. The van der Waals surface area contributed by atoms with Gasteiger partial charge in [-0.1, -0.05) is 91.0 Å². The average molecular weight is 425 g/mol. The van der Waals surface area contributed by atoms with Crippen molar-refractivity contribution in [3.8, 4) is 0 Å². The maximum absolute atomic E-state index is 11.7. The van der Waals surface area contributed by atoms with Crippen molar-refractivity contribution in [3.05, 3.63) is 132 Å². The average Bonchev–Trinajstić information content (AvgIpc) is 3.68. The maximum Gasteiger partial charge on any atom is 0.187 e. The SMILES string of the molecule is O=C(/C=C\NC1CC1)c1ccccc1.O=C(/C=C\NCc1ccccc1)c1ccccc1. The van der Waals surface area contributed by atoms with Crippen LogP contribution in [0.3, 0.4) is 0 Å². The van der Waals surface area contributed by atoms with Crippen LogP contribution in [0.4, 0.5) is 0 Å². The third-order valence-electron chi connectivity index (χ3n) is 4.76. The van der Waals surface area contributed by atoms with Gasteiger partial charge >= 0.3 is 0 Å². The number of hydrogen-bond donors (Lipinski definition) is 2. The molecule has 4 heteroatoms. The summed E-state index contributed by atoms with van der Waals surface area (Å²) in [7, 11) is 0. The summed E-state index contributed by atoms with van der Waals surface area (Å²) in [6.45, 7) is 0.722. The van der Waals surface area contributed by atoms with E-state index in [0.717, 1.165) is 12.1 Å². The number of carbonyl (C=O) groups is 2. The molecule has 3 aromatic carbocycles. The zero-order valence-corrected chi connectivity index (χ0v) is 18.0. The fourth-order valence-corrected chi connectivity index (χ4v) is 2.81. The molecule has 0 bridgehead atoms. The summed E-state index contributed by atoms with van der Waals surface area (Å²) in [6.07, 6.45) is 9.05. The van der Waals surface area contributed by atoms with Gasteiger partial charge in [-0.2, -0.15) is 0 Å². The van der Waals surface area contributed by atoms with Crippen LogP contribution in [-0.2, 0) is 6.54 Å². The van der Waals surface area contributed by atoms with Crippen LogP contribution < -0.4 is 10.6 Å². The summed E-state index contributed by atoms with van der Waals surface area (Å²) in [5.74, 6) is 0.0647. The first-order valence-corrected chi connectivity index (χ1v) is 10.8. The fraction of sp³-hybridized carbons (Fsp3) is 0.143. The Morgan fingerprint density at radius 3 is 1.66 bits per heavy atom. The van der Waals surface area contributed by atoms with Crippen LogP contribution in [0.15, 0.2) is 116 Å². The Morgan fingerprint density at radius 1 is 0.688 bits per heavy atom. The van der Waals surface area contributed by atoms with Gasteiger partial charge in [0.15, 0.2) is 11.6 Å². The quantitative estimate of drug-likeness (QED) is 0.361. The van der Waals surface area contributed by atoms with Crippen LogP contribution in [0, 0.1) is 0 Å². The largest absolute Gasteiger partial charge is 0.388 e. The zero-order chi connectivity index (χ0) is 22.4. The van der Waals surface area contributed by atoms with E-state index in [4.69, 9.17) is 0 Å². The number of allylic oxidation sites excluding steroid dienone is 2. The molecule has 1 aliphatic carbocycles. The Hall–Kier alpha value is -3.92. The lowest BCUT2D eigenvalue weighted by molar-refractivity contribution is 0.103. The fourth-order valence-electron chi connectivity index (χ4n) is 2.81. The number of ketones is 2. The molecule has 0 spiro atoms. The third-order valence-corrected chi connectivity index (χ3v) is 4.76. The first-order chi connectivity index (χ1) is 15.7. The maximum atomic E-state index is 11.7. The van der Waals surface area contributed by atoms with Gasteiger partial charge in [-0.3, -0.25) is 9.59 Å². The number of nitrogens with one attached hydrogen (secondary N) is 2. The number of rotatable bonds is 9. The van der Waals surface area contributed by atoms with Crippen molar-refractivity contribution in [2.75, 3.05) is 0 Å². The summed E-state index contributed by atoms with van der Waals surface area (Å²) in [5.41, 5.74) is 2.63. The Labute approximate surface area is 189 Å². The molecule has 0 unspecified atom stereocenters. The predicted octanol–water partition coefficient (Wildman–Crippen LogP) is 5.31. The minimum atomic E-state index is 0.0103. The van der Waals surface area contributed by atoms with Crippen LogP contribution >= 0.6 is 0 Å². The van der Waals surface area contributed by atoms with Gasteiger partial charge < -0.3 is 10.6 Å². The van der Waals surface area contributed by atoms with Crippen molar-refractivity contribution >= 4 is 11.6 Å². The van der Waals surface area contributed by atoms with Gasteiger partial charge in [0.1, 0.15) is 0 Å². The number of hydrogen-bond acceptors (Lipinski definition) is 4. The van der Waals surface area contributed by atoms with E-state index in [1.165, 1.54) is 18.4 Å². The van der Waals surface area contributed by atoms with Crippen LogP contribution in [0.5, 0.6) is 0 Å². The van der Waals surface area contributed by atoms with Gasteiger partial charge in [0.05, 0.1) is 0 Å². The van der Waals surface area contributed by atoms with Crippen LogP contribution in [0.2, 0.25) is 0 Å². The molecule has 1 fully saturated rings. The number of carbonyl (C=O) groups excluding carboxylic acids is 2. The molecule has 0 saturated heterocycles. The molecule has 3 aromatic rings. The first-order valence-electron chi connectivity index (χ1n) is 10.8. The van der Waals surface area contributed by atoms with E-state index in [1.54, 1.807) is 24.6 Å². The van der Waals surface area contributed by atoms with E-state index in [9.17, 15) is 9.59 Å². The standard InChI is InChI=1S/C16H15NO.C12H13NO/c18-16(15-9-5-2-6-10-15)11-12-17-13-14-7-3-1-4-8-14;14-12(8-9-13-11-6-7-11)10-4-2-1-3-5-10/h1-12,17H,13H2;1-5,8-9,11,13H,6-7H2/b12-11-;9-8-. The Bertz CT molecular complexity index is 1020. The van der Waals surface area contributed by atoms with Crippen LogP contribution in [-0.4, -0.2) is 17.6 Å². The molecule has 162 valence electrons. The molecule has 32 heavy (non-hydrogen) atoms. The molecule has 0 atom stereocenters. The first kappa shape index (κ1) is 22.8. The van der Waals surface area contributed by atoms with E-state index in [1.807, 2.05) is 91.0 Å². The molecular formula is C28H28N2O2. The molecule has 0 heterocycles. The van der Waals surface area contributed by atoms with Gasteiger partial charge in [0, 0.05) is 48.3 Å². The molecular weight excluding hydrogens is 396 g/mol. The van der Waals surface area contributed by atoms with E-state index in [0.29, 0.717) is 11.6 Å². The van der Waals surface area contributed by atoms with Gasteiger partial charge in [-0.15, -0.1) is 0 Å². The lowest BCUT2D eigenvalue weighted by Gasteiger charge is -2.00. The highest BCUT2D eigenvalue weighted by Gasteiger charge is 2.18. The van der Waals surface area contributed by atoms with Crippen molar-refractivity contribution in [1.82, 2.24) is 10.6 Å². The molecule has 4 rings (SSSR count). The van der Waals surface area contributed by atoms with Crippen LogP contribution in [0.1, 0.15) is 39.1 Å². The minimum absolute atomic E-state index is 0.0103. The summed E-state index contributed by atoms with van der Waals surface area (Å²) >= 11 is 0. The Kier molecular flexibility index (Phi) is 9.03. The lowest BCUT2D eigenvalue weighted by Crippen LogP contribution is -2.07. The van der Waals surface area contributed by atoms with Crippen molar-refractivity contribution in [1.29, 1.82) is 0 Å². The predicted molar refractivity (Wildman–Crippen MR) is 129 cm³/mol. The van der Waals surface area contributed by atoms with Crippen molar-refractivity contribution in [2.24, 2.45) is 0 Å². The molecule has 0 aliphatic heterocycles. The highest BCUT2D eigenvalue weighted by molar-refractivity contribution is 6.04. The second-order valence-electron chi connectivity index (χ2n) is 7.43. The van der Waals surface area contributed by atoms with E-state index in [2.05, 4.69) is 10.6 Å². The minimum Gasteiger partial charge on any atom is -0.388 e. The smallest absolute Gasteiger partial charge is 0.187 e. The molecule has 4 nitrogen and oxygen atoms in total. The van der Waals surface area contributed by atoms with Gasteiger partial charge in [0.2, 0.25) is 0 Å². The van der Waals surface area contributed by atoms with Gasteiger partial charge in [-0.25, -0.2) is 0 Å². The Morgan fingerprint density at radius 2 is 1.16 bits per heavy atom. The molecule has 1 aliphatic rings. The van der Waals surface area contributed by atoms with Crippen molar-refractivity contribution < 1.29 is 9.59 Å². The monoisotopic (exact) mass is 424 g/mol. The Balaban J connectivity index is 0.000000186. The molecule has 1 saturated carbocycles.